The molecule has 2 fully saturated rings. The normalized spacial score (nSPS) is 20.7. The largest absolute Gasteiger partial charge is 0.491 e. The number of ether oxygens (including phenoxy) is 2. The van der Waals surface area contributed by atoms with Gasteiger partial charge in [-0.1, -0.05) is 5.16 Å². The Kier molecular flexibility index (Phi) is 6.35. The van der Waals surface area contributed by atoms with E-state index >= 15 is 0 Å². The van der Waals surface area contributed by atoms with Crippen LogP contribution in [0.3, 0.4) is 0 Å². The highest BCUT2D eigenvalue weighted by molar-refractivity contribution is 5.94. The van der Waals surface area contributed by atoms with Gasteiger partial charge in [0.15, 0.2) is 0 Å². The highest BCUT2D eigenvalue weighted by Crippen LogP contribution is 2.29. The van der Waals surface area contributed by atoms with E-state index in [2.05, 4.69) is 10.1 Å². The van der Waals surface area contributed by atoms with E-state index in [0.717, 1.165) is 38.0 Å². The molecular weight excluding hydrogens is 425 g/mol. The third-order valence-electron chi connectivity index (χ3n) is 6.16. The second-order valence-corrected chi connectivity index (χ2v) is 8.52. The highest BCUT2D eigenvalue weighted by Gasteiger charge is 2.29. The van der Waals surface area contributed by atoms with E-state index in [-0.39, 0.29) is 23.7 Å². The standard InChI is InChI=1S/C25H26FN3O4/c26-20-9-5-17(6-10-20)23-27-24(33-28-23)19-3-1-13-29(15-19)25(30)18-7-11-21(12-8-18)32-16-22-4-2-14-31-22/h5-12,19,22H,1-4,13-16H2/t19-,22-/m0/s1. The van der Waals surface area contributed by atoms with E-state index in [0.29, 0.717) is 42.5 Å². The number of amides is 1. The van der Waals surface area contributed by atoms with Gasteiger partial charge in [-0.15, -0.1) is 0 Å². The van der Waals surface area contributed by atoms with Gasteiger partial charge in [0.2, 0.25) is 11.7 Å². The van der Waals surface area contributed by atoms with Crippen molar-refractivity contribution in [1.82, 2.24) is 15.0 Å². The van der Waals surface area contributed by atoms with Crippen LogP contribution in [0, 0.1) is 5.82 Å². The van der Waals surface area contributed by atoms with Gasteiger partial charge in [-0.2, -0.15) is 4.98 Å². The molecule has 0 radical (unpaired) electrons. The van der Waals surface area contributed by atoms with Crippen molar-refractivity contribution in [2.75, 3.05) is 26.3 Å². The van der Waals surface area contributed by atoms with Gasteiger partial charge in [0.1, 0.15) is 18.2 Å². The van der Waals surface area contributed by atoms with Crippen LogP contribution in [0.15, 0.2) is 53.1 Å². The summed E-state index contributed by atoms with van der Waals surface area (Å²) >= 11 is 0. The van der Waals surface area contributed by atoms with Crippen LogP contribution in [0.25, 0.3) is 11.4 Å². The molecule has 3 aromatic rings. The number of nitrogens with zero attached hydrogens (tertiary/aromatic N) is 3. The molecule has 1 aromatic heterocycles. The fraction of sp³-hybridized carbons (Fsp3) is 0.400. The molecule has 8 heteroatoms. The van der Waals surface area contributed by atoms with Gasteiger partial charge in [-0.05, 0) is 74.2 Å². The molecule has 0 bridgehead atoms. The van der Waals surface area contributed by atoms with E-state index in [9.17, 15) is 9.18 Å². The summed E-state index contributed by atoms with van der Waals surface area (Å²) in [6, 6.07) is 13.2. The van der Waals surface area contributed by atoms with Gasteiger partial charge in [0.05, 0.1) is 12.0 Å². The first kappa shape index (κ1) is 21.6. The third kappa shape index (κ3) is 5.06. The SMILES string of the molecule is O=C(c1ccc(OC[C@@H]2CCCO2)cc1)N1CCC[C@H](c2nc(-c3ccc(F)cc3)no2)C1. The van der Waals surface area contributed by atoms with Gasteiger partial charge in [0, 0.05) is 30.8 Å². The number of rotatable bonds is 6. The number of hydrogen-bond acceptors (Lipinski definition) is 6. The summed E-state index contributed by atoms with van der Waals surface area (Å²) in [6.07, 6.45) is 3.98. The Hall–Kier alpha value is -3.26. The highest BCUT2D eigenvalue weighted by atomic mass is 19.1. The second-order valence-electron chi connectivity index (χ2n) is 8.52. The lowest BCUT2D eigenvalue weighted by Gasteiger charge is -2.31. The molecule has 0 N–H and O–H groups in total. The first-order chi connectivity index (χ1) is 16.2. The molecule has 2 atom stereocenters. The Bertz CT molecular complexity index is 1080. The maximum absolute atomic E-state index is 13.2. The van der Waals surface area contributed by atoms with Gasteiger partial charge >= 0.3 is 0 Å². The topological polar surface area (TPSA) is 77.7 Å². The zero-order valence-corrected chi connectivity index (χ0v) is 18.3. The minimum atomic E-state index is -0.314. The lowest BCUT2D eigenvalue weighted by atomic mass is 9.97. The van der Waals surface area contributed by atoms with Crippen LogP contribution < -0.4 is 4.74 Å². The molecule has 2 aliphatic heterocycles. The smallest absolute Gasteiger partial charge is 0.253 e. The van der Waals surface area contributed by atoms with E-state index in [1.807, 2.05) is 17.0 Å². The van der Waals surface area contributed by atoms with E-state index in [4.69, 9.17) is 14.0 Å². The van der Waals surface area contributed by atoms with Crippen LogP contribution in [-0.4, -0.2) is 53.4 Å². The first-order valence-electron chi connectivity index (χ1n) is 11.4. The number of benzene rings is 2. The fourth-order valence-corrected chi connectivity index (χ4v) is 4.32. The molecule has 5 rings (SSSR count). The van der Waals surface area contributed by atoms with E-state index in [1.54, 1.807) is 24.3 Å². The summed E-state index contributed by atoms with van der Waals surface area (Å²) < 4.78 is 30.0. The number of carbonyl (C=O) groups excluding carboxylic acids is 1. The van der Waals surface area contributed by atoms with Gasteiger partial charge in [0.25, 0.3) is 5.91 Å². The van der Waals surface area contributed by atoms with E-state index < -0.39 is 0 Å². The van der Waals surface area contributed by atoms with Gasteiger partial charge in [-0.25, -0.2) is 4.39 Å². The number of hydrogen-bond donors (Lipinski definition) is 0. The van der Waals surface area contributed by atoms with Crippen molar-refractivity contribution < 1.29 is 23.2 Å². The summed E-state index contributed by atoms with van der Waals surface area (Å²) in [5, 5.41) is 4.04. The molecule has 3 heterocycles. The van der Waals surface area contributed by atoms with Gasteiger partial charge in [-0.3, -0.25) is 4.79 Å². The van der Waals surface area contributed by atoms with Crippen LogP contribution >= 0.6 is 0 Å². The fourth-order valence-electron chi connectivity index (χ4n) is 4.32. The number of aromatic nitrogens is 2. The Balaban J connectivity index is 1.20. The molecule has 0 unspecified atom stereocenters. The number of carbonyl (C=O) groups is 1. The minimum Gasteiger partial charge on any atom is -0.491 e. The van der Waals surface area contributed by atoms with Crippen molar-refractivity contribution in [1.29, 1.82) is 0 Å². The Labute approximate surface area is 191 Å². The quantitative estimate of drug-likeness (QED) is 0.551. The van der Waals surface area contributed by atoms with Crippen LogP contribution in [0.5, 0.6) is 5.75 Å². The molecule has 0 saturated carbocycles. The molecule has 0 spiro atoms. The molecule has 172 valence electrons. The zero-order valence-electron chi connectivity index (χ0n) is 18.3. The van der Waals surface area contributed by atoms with Crippen molar-refractivity contribution in [2.45, 2.75) is 37.7 Å². The minimum absolute atomic E-state index is 0.0244. The molecule has 2 aliphatic rings. The van der Waals surface area contributed by atoms with Gasteiger partial charge < -0.3 is 18.9 Å². The lowest BCUT2D eigenvalue weighted by molar-refractivity contribution is 0.0675. The first-order valence-corrected chi connectivity index (χ1v) is 11.4. The summed E-state index contributed by atoms with van der Waals surface area (Å²) in [5.74, 6) is 1.29. The summed E-state index contributed by atoms with van der Waals surface area (Å²) in [5.41, 5.74) is 1.31. The third-order valence-corrected chi connectivity index (χ3v) is 6.16. The summed E-state index contributed by atoms with van der Waals surface area (Å²) in [4.78, 5) is 19.4. The average molecular weight is 451 g/mol. The van der Waals surface area contributed by atoms with Crippen LogP contribution in [0.2, 0.25) is 0 Å². The van der Waals surface area contributed by atoms with Crippen molar-refractivity contribution in [3.05, 3.63) is 65.8 Å². The molecule has 0 aliphatic carbocycles. The molecule has 2 saturated heterocycles. The monoisotopic (exact) mass is 451 g/mol. The van der Waals surface area contributed by atoms with Crippen LogP contribution in [0.4, 0.5) is 4.39 Å². The maximum atomic E-state index is 13.2. The van der Waals surface area contributed by atoms with Crippen molar-refractivity contribution in [3.63, 3.8) is 0 Å². The van der Waals surface area contributed by atoms with Crippen LogP contribution in [-0.2, 0) is 4.74 Å². The number of piperidine rings is 1. The summed E-state index contributed by atoms with van der Waals surface area (Å²) in [7, 11) is 0. The molecule has 2 aromatic carbocycles. The van der Waals surface area contributed by atoms with Crippen molar-refractivity contribution >= 4 is 5.91 Å². The molecular formula is C25H26FN3O4. The second kappa shape index (κ2) is 9.70. The summed E-state index contributed by atoms with van der Waals surface area (Å²) in [6.45, 7) is 2.54. The number of likely N-dealkylation sites (tertiary alicyclic amines) is 1. The van der Waals surface area contributed by atoms with E-state index in [1.165, 1.54) is 12.1 Å². The average Bonchev–Trinajstić information content (AvgIpc) is 3.56. The lowest BCUT2D eigenvalue weighted by Crippen LogP contribution is -2.39. The van der Waals surface area contributed by atoms with Crippen molar-refractivity contribution in [2.24, 2.45) is 0 Å². The van der Waals surface area contributed by atoms with Crippen molar-refractivity contribution in [3.8, 4) is 17.1 Å². The Morgan fingerprint density at radius 1 is 1.09 bits per heavy atom. The predicted octanol–water partition coefficient (Wildman–Crippen LogP) is 4.45. The van der Waals surface area contributed by atoms with Crippen LogP contribution in [0.1, 0.15) is 47.8 Å². The Morgan fingerprint density at radius 2 is 1.91 bits per heavy atom. The maximum Gasteiger partial charge on any atom is 0.253 e. The predicted molar refractivity (Wildman–Crippen MR) is 118 cm³/mol. The molecule has 1 amide bonds. The zero-order chi connectivity index (χ0) is 22.6. The number of halogens is 1. The Morgan fingerprint density at radius 3 is 2.67 bits per heavy atom. The molecule has 7 nitrogen and oxygen atoms in total. The molecule has 33 heavy (non-hydrogen) atoms.